The lowest BCUT2D eigenvalue weighted by Gasteiger charge is -2.38. The molecule has 1 fully saturated rings. The molecule has 45 heavy (non-hydrogen) atoms. The lowest BCUT2D eigenvalue weighted by molar-refractivity contribution is -0.146. The zero-order valence-corrected chi connectivity index (χ0v) is 27.7. The summed E-state index contributed by atoms with van der Waals surface area (Å²) in [6.45, 7) is 5.75. The second-order valence-electron chi connectivity index (χ2n) is 12.7. The second kappa shape index (κ2) is 15.5. The fraction of sp³-hybridized carbons (Fsp3) is 0.432. The molecule has 0 heterocycles. The summed E-state index contributed by atoms with van der Waals surface area (Å²) >= 11 is 1.61. The summed E-state index contributed by atoms with van der Waals surface area (Å²) in [4.78, 5) is 39.7. The van der Waals surface area contributed by atoms with Crippen molar-refractivity contribution in [3.63, 3.8) is 0 Å². The van der Waals surface area contributed by atoms with Gasteiger partial charge in [-0.15, -0.1) is 11.8 Å². The molecule has 2 amide bonds. The van der Waals surface area contributed by atoms with Crippen molar-refractivity contribution in [1.82, 2.24) is 10.6 Å². The smallest absolute Gasteiger partial charge is 0.407 e. The first-order chi connectivity index (χ1) is 21.6. The zero-order chi connectivity index (χ0) is 32.3. The molecular formula is C37H46N2O5S. The van der Waals surface area contributed by atoms with Crippen LogP contribution in [0.1, 0.15) is 76.0 Å². The number of rotatable bonds is 12. The number of amides is 2. The van der Waals surface area contributed by atoms with E-state index in [9.17, 15) is 14.4 Å². The molecule has 0 radical (unpaired) electrons. The molecule has 0 saturated heterocycles. The number of hydrogen-bond acceptors (Lipinski definition) is 6. The number of benzene rings is 3. The number of carbonyl (C=O) groups excluding carboxylic acids is 3. The third kappa shape index (κ3) is 8.69. The number of carbonyl (C=O) groups is 3. The topological polar surface area (TPSA) is 93.7 Å². The van der Waals surface area contributed by atoms with Crippen LogP contribution >= 0.6 is 11.8 Å². The molecule has 2 N–H and O–H groups in total. The first-order valence-electron chi connectivity index (χ1n) is 15.8. The van der Waals surface area contributed by atoms with Crippen molar-refractivity contribution in [3.8, 4) is 0 Å². The van der Waals surface area contributed by atoms with E-state index >= 15 is 0 Å². The number of alkyl carbamates (subject to hydrolysis) is 1. The summed E-state index contributed by atoms with van der Waals surface area (Å²) in [5.74, 6) is -0.380. The Morgan fingerprint density at radius 3 is 1.73 bits per heavy atom. The number of ether oxygens (including phenoxy) is 2. The Morgan fingerprint density at radius 2 is 1.29 bits per heavy atom. The lowest BCUT2D eigenvalue weighted by atomic mass is 9.71. The van der Waals surface area contributed by atoms with Crippen LogP contribution in [0, 0.1) is 5.41 Å². The molecular weight excluding hydrogens is 584 g/mol. The van der Waals surface area contributed by atoms with Gasteiger partial charge in [-0.1, -0.05) is 110 Å². The summed E-state index contributed by atoms with van der Waals surface area (Å²) in [6, 6.07) is 29.9. The quantitative estimate of drug-likeness (QED) is 0.162. The minimum Gasteiger partial charge on any atom is -0.467 e. The molecule has 1 aliphatic carbocycles. The molecule has 3 aromatic rings. The number of methoxy groups -OCH3 is 1. The van der Waals surface area contributed by atoms with Crippen LogP contribution < -0.4 is 10.6 Å². The summed E-state index contributed by atoms with van der Waals surface area (Å²) in [5, 5.41) is 5.92. The normalized spacial score (nSPS) is 15.4. The molecule has 0 bridgehead atoms. The maximum absolute atomic E-state index is 14.1. The highest BCUT2D eigenvalue weighted by molar-refractivity contribution is 8.00. The monoisotopic (exact) mass is 630 g/mol. The average molecular weight is 631 g/mol. The van der Waals surface area contributed by atoms with Gasteiger partial charge < -0.3 is 20.1 Å². The van der Waals surface area contributed by atoms with Gasteiger partial charge in [-0.05, 0) is 56.7 Å². The Morgan fingerprint density at radius 1 is 0.800 bits per heavy atom. The first kappa shape index (κ1) is 34.1. The maximum atomic E-state index is 14.1. The summed E-state index contributed by atoms with van der Waals surface area (Å²) in [5.41, 5.74) is 1.90. The highest BCUT2D eigenvalue weighted by Gasteiger charge is 2.43. The summed E-state index contributed by atoms with van der Waals surface area (Å²) in [7, 11) is 1.35. The van der Waals surface area contributed by atoms with E-state index in [1.807, 2.05) is 75.4 Å². The van der Waals surface area contributed by atoms with Crippen LogP contribution in [0.2, 0.25) is 0 Å². The van der Waals surface area contributed by atoms with Gasteiger partial charge in [-0.2, -0.15) is 0 Å². The Balaban J connectivity index is 1.61. The third-order valence-corrected chi connectivity index (χ3v) is 10.0. The van der Waals surface area contributed by atoms with Gasteiger partial charge in [0.1, 0.15) is 11.6 Å². The van der Waals surface area contributed by atoms with E-state index in [0.29, 0.717) is 25.8 Å². The largest absolute Gasteiger partial charge is 0.467 e. The van der Waals surface area contributed by atoms with Gasteiger partial charge in [-0.3, -0.25) is 4.79 Å². The molecule has 0 spiro atoms. The van der Waals surface area contributed by atoms with Crippen LogP contribution in [-0.4, -0.2) is 49.0 Å². The Bertz CT molecular complexity index is 1290. The fourth-order valence-electron chi connectivity index (χ4n) is 6.14. The van der Waals surface area contributed by atoms with E-state index in [-0.39, 0.29) is 11.7 Å². The van der Waals surface area contributed by atoms with Crippen molar-refractivity contribution in [2.45, 2.75) is 75.7 Å². The molecule has 1 aliphatic rings. The van der Waals surface area contributed by atoms with Gasteiger partial charge in [0.25, 0.3) is 0 Å². The standard InChI is InChI=1S/C37H46N2O5S/c1-35(2,3)44-34(42)38-26-25-36(23-15-8-16-24-36)33(41)39-31(32(40)43-4)27-45-37(28-17-9-5-10-18-28,29-19-11-6-12-20-29)30-21-13-7-14-22-30/h5-7,9-14,17-22,31H,8,15-16,23-27H2,1-4H3,(H,38,42)(H,39,41)/t31-/m1/s1. The van der Waals surface area contributed by atoms with E-state index in [4.69, 9.17) is 9.47 Å². The predicted molar refractivity (Wildman–Crippen MR) is 180 cm³/mol. The predicted octanol–water partition coefficient (Wildman–Crippen LogP) is 7.23. The van der Waals surface area contributed by atoms with Crippen LogP contribution in [0.25, 0.3) is 0 Å². The minimum absolute atomic E-state index is 0.172. The van der Waals surface area contributed by atoms with Crippen molar-refractivity contribution < 1.29 is 23.9 Å². The van der Waals surface area contributed by atoms with Gasteiger partial charge >= 0.3 is 12.1 Å². The molecule has 0 aliphatic heterocycles. The van der Waals surface area contributed by atoms with E-state index in [1.54, 1.807) is 11.8 Å². The SMILES string of the molecule is COC(=O)[C@@H](CSC(c1ccccc1)(c1ccccc1)c1ccccc1)NC(=O)C1(CCNC(=O)OC(C)(C)C)CCCCC1. The fourth-order valence-corrected chi connectivity index (χ4v) is 7.68. The number of esters is 1. The van der Waals surface area contributed by atoms with E-state index in [2.05, 4.69) is 47.0 Å². The molecule has 8 heteroatoms. The van der Waals surface area contributed by atoms with E-state index in [0.717, 1.165) is 36.0 Å². The van der Waals surface area contributed by atoms with Gasteiger partial charge in [0.05, 0.1) is 17.3 Å². The molecule has 240 valence electrons. The van der Waals surface area contributed by atoms with Crippen LogP contribution in [0.3, 0.4) is 0 Å². The van der Waals surface area contributed by atoms with E-state index in [1.165, 1.54) is 7.11 Å². The zero-order valence-electron chi connectivity index (χ0n) is 26.8. The maximum Gasteiger partial charge on any atom is 0.407 e. The minimum atomic E-state index is -0.874. The van der Waals surface area contributed by atoms with Crippen LogP contribution in [-0.2, 0) is 23.8 Å². The summed E-state index contributed by atoms with van der Waals surface area (Å²) in [6.07, 6.45) is 4.22. The molecule has 0 aromatic heterocycles. The molecule has 3 aromatic carbocycles. The highest BCUT2D eigenvalue weighted by Crippen LogP contribution is 2.49. The van der Waals surface area contributed by atoms with Crippen molar-refractivity contribution in [2.24, 2.45) is 5.41 Å². The summed E-state index contributed by atoms with van der Waals surface area (Å²) < 4.78 is 9.97. The molecule has 1 atom stereocenters. The number of nitrogens with one attached hydrogen (secondary N) is 2. The highest BCUT2D eigenvalue weighted by atomic mass is 32.2. The second-order valence-corrected chi connectivity index (χ2v) is 13.9. The van der Waals surface area contributed by atoms with E-state index < -0.39 is 33.9 Å². The van der Waals surface area contributed by atoms with Crippen molar-refractivity contribution in [1.29, 1.82) is 0 Å². The van der Waals surface area contributed by atoms with Crippen LogP contribution in [0.15, 0.2) is 91.0 Å². The van der Waals surface area contributed by atoms with Crippen molar-refractivity contribution >= 4 is 29.7 Å². The van der Waals surface area contributed by atoms with Crippen LogP contribution in [0.5, 0.6) is 0 Å². The number of thioether (sulfide) groups is 1. The Hall–Kier alpha value is -3.78. The van der Waals surface area contributed by atoms with Gasteiger partial charge in [0.15, 0.2) is 0 Å². The average Bonchev–Trinajstić information content (AvgIpc) is 3.05. The molecule has 0 unspecified atom stereocenters. The molecule has 7 nitrogen and oxygen atoms in total. The number of hydrogen-bond donors (Lipinski definition) is 2. The van der Waals surface area contributed by atoms with Crippen LogP contribution in [0.4, 0.5) is 4.79 Å². The van der Waals surface area contributed by atoms with Crippen molar-refractivity contribution in [3.05, 3.63) is 108 Å². The van der Waals surface area contributed by atoms with Gasteiger partial charge in [0.2, 0.25) is 5.91 Å². The first-order valence-corrected chi connectivity index (χ1v) is 16.7. The Kier molecular flexibility index (Phi) is 11.7. The lowest BCUT2D eigenvalue weighted by Crippen LogP contribution is -2.52. The van der Waals surface area contributed by atoms with Crippen molar-refractivity contribution in [2.75, 3.05) is 19.4 Å². The molecule has 1 saturated carbocycles. The third-order valence-electron chi connectivity index (χ3n) is 8.36. The Labute approximate surface area is 271 Å². The van der Waals surface area contributed by atoms with Gasteiger partial charge in [-0.25, -0.2) is 9.59 Å². The van der Waals surface area contributed by atoms with Gasteiger partial charge in [0, 0.05) is 12.3 Å². The molecule has 4 rings (SSSR count).